The van der Waals surface area contributed by atoms with Crippen LogP contribution in [0, 0.1) is 11.3 Å². The molecule has 1 amide bonds. The highest BCUT2D eigenvalue weighted by molar-refractivity contribution is 6.32. The number of carbonyl (C=O) groups excluding carboxylic acids is 1. The first-order chi connectivity index (χ1) is 9.92. The van der Waals surface area contributed by atoms with E-state index in [0.29, 0.717) is 11.5 Å². The van der Waals surface area contributed by atoms with E-state index in [1.807, 2.05) is 0 Å². The number of phenolic OH excluding ortho intramolecular Hbond substituents is 1. The number of phenols is 1. The SMILES string of the molecule is CC(C)CC1(CNC(=O)c2ccc(O)c(Cl)c2)CCCC1. The summed E-state index contributed by atoms with van der Waals surface area (Å²) >= 11 is 5.85. The molecule has 1 saturated carbocycles. The minimum atomic E-state index is -0.119. The average molecular weight is 310 g/mol. The highest BCUT2D eigenvalue weighted by Gasteiger charge is 2.34. The highest BCUT2D eigenvalue weighted by Crippen LogP contribution is 2.42. The van der Waals surface area contributed by atoms with E-state index in [-0.39, 0.29) is 22.1 Å². The molecular weight excluding hydrogens is 286 g/mol. The fourth-order valence-corrected chi connectivity index (χ4v) is 3.64. The first kappa shape index (κ1) is 16.2. The minimum Gasteiger partial charge on any atom is -0.506 e. The van der Waals surface area contributed by atoms with Crippen LogP contribution in [0.25, 0.3) is 0 Å². The Hall–Kier alpha value is -1.22. The van der Waals surface area contributed by atoms with E-state index in [2.05, 4.69) is 19.2 Å². The van der Waals surface area contributed by atoms with Gasteiger partial charge in [0.05, 0.1) is 5.02 Å². The van der Waals surface area contributed by atoms with Crippen molar-refractivity contribution in [2.24, 2.45) is 11.3 Å². The zero-order chi connectivity index (χ0) is 15.5. The monoisotopic (exact) mass is 309 g/mol. The van der Waals surface area contributed by atoms with E-state index < -0.39 is 0 Å². The van der Waals surface area contributed by atoms with Crippen molar-refractivity contribution in [3.8, 4) is 5.75 Å². The van der Waals surface area contributed by atoms with E-state index >= 15 is 0 Å². The molecule has 0 spiro atoms. The number of hydrogen-bond acceptors (Lipinski definition) is 2. The van der Waals surface area contributed by atoms with Gasteiger partial charge in [-0.2, -0.15) is 0 Å². The molecule has 2 rings (SSSR count). The molecule has 0 heterocycles. The second-order valence-corrected chi connectivity index (χ2v) is 7.06. The molecule has 0 radical (unpaired) electrons. The molecule has 0 aliphatic heterocycles. The number of rotatable bonds is 5. The second kappa shape index (κ2) is 6.69. The third-order valence-electron chi connectivity index (χ3n) is 4.34. The molecule has 2 N–H and O–H groups in total. The molecule has 21 heavy (non-hydrogen) atoms. The average Bonchev–Trinajstić information content (AvgIpc) is 2.87. The standard InChI is InChI=1S/C17H24ClNO2/c1-12(2)10-17(7-3-4-8-17)11-19-16(21)13-5-6-15(20)14(18)9-13/h5-6,9,12,20H,3-4,7-8,10-11H2,1-2H3,(H,19,21). The summed E-state index contributed by atoms with van der Waals surface area (Å²) in [5, 5.41) is 12.7. The Bertz CT molecular complexity index is 508. The Morgan fingerprint density at radius 2 is 2.05 bits per heavy atom. The summed E-state index contributed by atoms with van der Waals surface area (Å²) in [7, 11) is 0. The highest BCUT2D eigenvalue weighted by atomic mass is 35.5. The summed E-state index contributed by atoms with van der Waals surface area (Å²) in [6.45, 7) is 5.20. The summed E-state index contributed by atoms with van der Waals surface area (Å²) < 4.78 is 0. The van der Waals surface area contributed by atoms with Crippen LogP contribution in [0.15, 0.2) is 18.2 Å². The maximum Gasteiger partial charge on any atom is 0.251 e. The third-order valence-corrected chi connectivity index (χ3v) is 4.64. The van der Waals surface area contributed by atoms with Crippen LogP contribution in [0.1, 0.15) is 56.3 Å². The molecule has 1 aliphatic carbocycles. The van der Waals surface area contributed by atoms with E-state index in [0.717, 1.165) is 13.0 Å². The number of benzene rings is 1. The van der Waals surface area contributed by atoms with Crippen LogP contribution in [-0.2, 0) is 0 Å². The summed E-state index contributed by atoms with van der Waals surface area (Å²) in [5.41, 5.74) is 0.750. The van der Waals surface area contributed by atoms with Gasteiger partial charge in [-0.3, -0.25) is 4.79 Å². The number of aromatic hydroxyl groups is 1. The number of amides is 1. The Morgan fingerprint density at radius 1 is 1.38 bits per heavy atom. The van der Waals surface area contributed by atoms with Gasteiger partial charge in [0, 0.05) is 12.1 Å². The van der Waals surface area contributed by atoms with Crippen molar-refractivity contribution in [3.05, 3.63) is 28.8 Å². The van der Waals surface area contributed by atoms with Gasteiger partial charge in [0.25, 0.3) is 5.91 Å². The van der Waals surface area contributed by atoms with Crippen molar-refractivity contribution in [2.45, 2.75) is 46.0 Å². The van der Waals surface area contributed by atoms with Gasteiger partial charge >= 0.3 is 0 Å². The van der Waals surface area contributed by atoms with Gasteiger partial charge in [-0.05, 0) is 48.8 Å². The molecule has 1 aromatic carbocycles. The lowest BCUT2D eigenvalue weighted by atomic mass is 9.78. The quantitative estimate of drug-likeness (QED) is 0.848. The van der Waals surface area contributed by atoms with Gasteiger partial charge in [-0.1, -0.05) is 38.3 Å². The van der Waals surface area contributed by atoms with E-state index in [1.165, 1.54) is 37.8 Å². The van der Waals surface area contributed by atoms with Crippen LogP contribution in [0.2, 0.25) is 5.02 Å². The predicted octanol–water partition coefficient (Wildman–Crippen LogP) is 4.38. The van der Waals surface area contributed by atoms with Gasteiger partial charge in [0.15, 0.2) is 0 Å². The summed E-state index contributed by atoms with van der Waals surface area (Å²) in [4.78, 5) is 12.2. The van der Waals surface area contributed by atoms with Crippen molar-refractivity contribution in [3.63, 3.8) is 0 Å². The summed E-state index contributed by atoms with van der Waals surface area (Å²) in [6, 6.07) is 4.56. The number of nitrogens with one attached hydrogen (secondary N) is 1. The van der Waals surface area contributed by atoms with E-state index in [4.69, 9.17) is 11.6 Å². The third kappa shape index (κ3) is 4.13. The molecule has 4 heteroatoms. The molecule has 3 nitrogen and oxygen atoms in total. The van der Waals surface area contributed by atoms with Crippen molar-refractivity contribution < 1.29 is 9.90 Å². The molecule has 116 valence electrons. The summed E-state index contributed by atoms with van der Waals surface area (Å²) in [6.07, 6.45) is 6.06. The Labute approximate surface area is 131 Å². The first-order valence-electron chi connectivity index (χ1n) is 7.69. The van der Waals surface area contributed by atoms with Gasteiger partial charge in [0.1, 0.15) is 5.75 Å². The van der Waals surface area contributed by atoms with Crippen molar-refractivity contribution in [2.75, 3.05) is 6.54 Å². The lowest BCUT2D eigenvalue weighted by molar-refractivity contribution is 0.0922. The van der Waals surface area contributed by atoms with Gasteiger partial charge in [-0.25, -0.2) is 0 Å². The predicted molar refractivity (Wildman–Crippen MR) is 85.8 cm³/mol. The van der Waals surface area contributed by atoms with Crippen molar-refractivity contribution >= 4 is 17.5 Å². The number of halogens is 1. The lowest BCUT2D eigenvalue weighted by Crippen LogP contribution is -2.36. The normalized spacial score (nSPS) is 17.1. The molecule has 1 aliphatic rings. The minimum absolute atomic E-state index is 0.000266. The van der Waals surface area contributed by atoms with Gasteiger partial charge in [-0.15, -0.1) is 0 Å². The Kier molecular flexibility index (Phi) is 5.15. The smallest absolute Gasteiger partial charge is 0.251 e. The zero-order valence-corrected chi connectivity index (χ0v) is 13.5. The zero-order valence-electron chi connectivity index (χ0n) is 12.8. The molecule has 0 aromatic heterocycles. The van der Waals surface area contributed by atoms with Crippen LogP contribution in [-0.4, -0.2) is 17.6 Å². The number of carbonyl (C=O) groups is 1. The van der Waals surface area contributed by atoms with E-state index in [1.54, 1.807) is 6.07 Å². The molecular formula is C17H24ClNO2. The van der Waals surface area contributed by atoms with E-state index in [9.17, 15) is 9.90 Å². The first-order valence-corrected chi connectivity index (χ1v) is 8.06. The van der Waals surface area contributed by atoms with Crippen molar-refractivity contribution in [1.29, 1.82) is 0 Å². The second-order valence-electron chi connectivity index (χ2n) is 6.65. The van der Waals surface area contributed by atoms with Gasteiger partial charge in [0.2, 0.25) is 0 Å². The molecule has 0 bridgehead atoms. The number of hydrogen-bond donors (Lipinski definition) is 2. The lowest BCUT2D eigenvalue weighted by Gasteiger charge is -2.31. The Balaban J connectivity index is 2.00. The van der Waals surface area contributed by atoms with Crippen LogP contribution in [0.5, 0.6) is 5.75 Å². The Morgan fingerprint density at radius 3 is 2.62 bits per heavy atom. The maximum absolute atomic E-state index is 12.2. The van der Waals surface area contributed by atoms with Crippen LogP contribution in [0.3, 0.4) is 0 Å². The fraction of sp³-hybridized carbons (Fsp3) is 0.588. The van der Waals surface area contributed by atoms with Crippen LogP contribution >= 0.6 is 11.6 Å². The fourth-order valence-electron chi connectivity index (χ4n) is 3.46. The molecule has 0 atom stereocenters. The maximum atomic E-state index is 12.2. The van der Waals surface area contributed by atoms with Crippen LogP contribution in [0.4, 0.5) is 0 Å². The molecule has 1 aromatic rings. The largest absolute Gasteiger partial charge is 0.506 e. The van der Waals surface area contributed by atoms with Crippen LogP contribution < -0.4 is 5.32 Å². The summed E-state index contributed by atoms with van der Waals surface area (Å²) in [5.74, 6) is 0.523. The van der Waals surface area contributed by atoms with Gasteiger partial charge < -0.3 is 10.4 Å². The molecule has 0 saturated heterocycles. The topological polar surface area (TPSA) is 49.3 Å². The van der Waals surface area contributed by atoms with Crippen molar-refractivity contribution in [1.82, 2.24) is 5.32 Å². The molecule has 0 unspecified atom stereocenters. The molecule has 1 fully saturated rings.